The molecule has 0 aromatic heterocycles. The van der Waals surface area contributed by atoms with Gasteiger partial charge in [0.15, 0.2) is 0 Å². The maximum atomic E-state index is 10.8. The molecule has 0 aliphatic rings. The zero-order valence-corrected chi connectivity index (χ0v) is 11.1. The minimum Gasteiger partial charge on any atom is -0.276 e. The summed E-state index contributed by atoms with van der Waals surface area (Å²) in [7, 11) is 0. The fourth-order valence-electron chi connectivity index (χ4n) is 0.669. The summed E-state index contributed by atoms with van der Waals surface area (Å²) >= 11 is 15.2. The van der Waals surface area contributed by atoms with E-state index in [-0.39, 0.29) is 0 Å². The average molecular weight is 377 g/mol. The molecular formula is C7H2Br3ClO. The van der Waals surface area contributed by atoms with Gasteiger partial charge < -0.3 is 0 Å². The highest BCUT2D eigenvalue weighted by molar-refractivity contribution is 9.14. The first-order valence-corrected chi connectivity index (χ1v) is 5.62. The van der Waals surface area contributed by atoms with Gasteiger partial charge in [0.05, 0.1) is 0 Å². The fourth-order valence-corrected chi connectivity index (χ4v) is 2.19. The van der Waals surface area contributed by atoms with Gasteiger partial charge in [-0.05, 0) is 71.5 Å². The maximum Gasteiger partial charge on any atom is 0.252 e. The highest BCUT2D eigenvalue weighted by Crippen LogP contribution is 2.32. The van der Waals surface area contributed by atoms with Gasteiger partial charge in [-0.25, -0.2) is 0 Å². The van der Waals surface area contributed by atoms with Gasteiger partial charge >= 0.3 is 0 Å². The first-order chi connectivity index (χ1) is 5.52. The van der Waals surface area contributed by atoms with Crippen LogP contribution in [-0.2, 0) is 0 Å². The van der Waals surface area contributed by atoms with Crippen molar-refractivity contribution < 1.29 is 4.79 Å². The molecule has 5 heteroatoms. The van der Waals surface area contributed by atoms with Crippen molar-refractivity contribution in [3.63, 3.8) is 0 Å². The Morgan fingerprint density at radius 3 is 1.92 bits per heavy atom. The lowest BCUT2D eigenvalue weighted by Gasteiger charge is -2.01. The van der Waals surface area contributed by atoms with Crippen LogP contribution in [-0.4, -0.2) is 5.24 Å². The van der Waals surface area contributed by atoms with Gasteiger partial charge in [-0.3, -0.25) is 4.79 Å². The highest BCUT2D eigenvalue weighted by Gasteiger charge is 2.08. The van der Waals surface area contributed by atoms with Crippen LogP contribution in [0.3, 0.4) is 0 Å². The lowest BCUT2D eigenvalue weighted by Crippen LogP contribution is -1.89. The Labute approximate surface area is 99.9 Å². The van der Waals surface area contributed by atoms with Crippen molar-refractivity contribution in [3.05, 3.63) is 31.1 Å². The molecule has 0 spiro atoms. The summed E-state index contributed by atoms with van der Waals surface area (Å²) in [6.45, 7) is 0. The van der Waals surface area contributed by atoms with Crippen molar-refractivity contribution in [2.45, 2.75) is 0 Å². The summed E-state index contributed by atoms with van der Waals surface area (Å²) in [5.74, 6) is 0. The fraction of sp³-hybridized carbons (Fsp3) is 0. The van der Waals surface area contributed by atoms with Crippen LogP contribution < -0.4 is 0 Å². The summed E-state index contributed by atoms with van der Waals surface area (Å²) in [6.07, 6.45) is 0. The molecule has 0 bridgehead atoms. The van der Waals surface area contributed by atoms with Crippen LogP contribution in [0.4, 0.5) is 0 Å². The third-order valence-electron chi connectivity index (χ3n) is 1.21. The van der Waals surface area contributed by atoms with Gasteiger partial charge in [-0.1, -0.05) is 0 Å². The number of carbonyl (C=O) groups excluding carboxylic acids is 1. The molecule has 0 radical (unpaired) electrons. The van der Waals surface area contributed by atoms with Crippen molar-refractivity contribution in [3.8, 4) is 0 Å². The molecule has 0 aliphatic carbocycles. The second-order valence-corrected chi connectivity index (χ2v) is 4.87. The van der Waals surface area contributed by atoms with E-state index in [1.165, 1.54) is 0 Å². The summed E-state index contributed by atoms with van der Waals surface area (Å²) in [4.78, 5) is 10.8. The van der Waals surface area contributed by atoms with Crippen LogP contribution in [0.2, 0.25) is 0 Å². The Hall–Kier alpha value is 0.620. The molecular weight excluding hydrogens is 375 g/mol. The predicted molar refractivity (Wildman–Crippen MR) is 59.7 cm³/mol. The minimum atomic E-state index is -0.469. The van der Waals surface area contributed by atoms with E-state index >= 15 is 0 Å². The van der Waals surface area contributed by atoms with E-state index < -0.39 is 5.24 Å². The predicted octanol–water partition coefficient (Wildman–Crippen LogP) is 4.35. The SMILES string of the molecule is O=C(Cl)c1cc(Br)c(Br)c(Br)c1. The van der Waals surface area contributed by atoms with Gasteiger partial charge in [0.1, 0.15) is 0 Å². The van der Waals surface area contributed by atoms with Gasteiger partial charge in [0.25, 0.3) is 5.24 Å². The average Bonchev–Trinajstić information content (AvgIpc) is 1.99. The van der Waals surface area contributed by atoms with E-state index in [9.17, 15) is 4.79 Å². The molecule has 0 atom stereocenters. The van der Waals surface area contributed by atoms with Crippen LogP contribution in [0.15, 0.2) is 25.6 Å². The molecule has 0 fully saturated rings. The van der Waals surface area contributed by atoms with Crippen molar-refractivity contribution in [1.82, 2.24) is 0 Å². The van der Waals surface area contributed by atoms with Gasteiger partial charge in [0, 0.05) is 19.0 Å². The number of rotatable bonds is 1. The smallest absolute Gasteiger partial charge is 0.252 e. The standard InChI is InChI=1S/C7H2Br3ClO/c8-4-1-3(7(11)12)2-5(9)6(4)10/h1-2H. The molecule has 0 unspecified atom stereocenters. The topological polar surface area (TPSA) is 17.1 Å². The zero-order chi connectivity index (χ0) is 9.30. The second-order valence-electron chi connectivity index (χ2n) is 2.03. The second kappa shape index (κ2) is 4.22. The van der Waals surface area contributed by atoms with Gasteiger partial charge in [-0.2, -0.15) is 0 Å². The number of halogens is 4. The number of hydrogen-bond acceptors (Lipinski definition) is 1. The van der Waals surface area contributed by atoms with E-state index in [2.05, 4.69) is 47.8 Å². The molecule has 1 rings (SSSR count). The summed E-state index contributed by atoms with van der Waals surface area (Å²) in [6, 6.07) is 3.31. The van der Waals surface area contributed by atoms with E-state index in [1.807, 2.05) is 0 Å². The van der Waals surface area contributed by atoms with Crippen molar-refractivity contribution in [2.24, 2.45) is 0 Å². The van der Waals surface area contributed by atoms with Crippen LogP contribution in [0.5, 0.6) is 0 Å². The molecule has 1 aromatic carbocycles. The Kier molecular flexibility index (Phi) is 3.76. The minimum absolute atomic E-state index is 0.457. The normalized spacial score (nSPS) is 10.0. The molecule has 0 saturated carbocycles. The van der Waals surface area contributed by atoms with E-state index in [0.29, 0.717) is 5.56 Å². The Balaban J connectivity index is 3.31. The largest absolute Gasteiger partial charge is 0.276 e. The molecule has 0 heterocycles. The summed E-state index contributed by atoms with van der Waals surface area (Å²) in [5.41, 5.74) is 0.457. The molecule has 1 aromatic rings. The van der Waals surface area contributed by atoms with E-state index in [0.717, 1.165) is 13.4 Å². The quantitative estimate of drug-likeness (QED) is 0.525. The first kappa shape index (κ1) is 10.7. The molecule has 0 N–H and O–H groups in total. The van der Waals surface area contributed by atoms with Crippen LogP contribution in [0.25, 0.3) is 0 Å². The maximum absolute atomic E-state index is 10.8. The first-order valence-electron chi connectivity index (χ1n) is 2.86. The number of hydrogen-bond donors (Lipinski definition) is 0. The Morgan fingerprint density at radius 2 is 1.58 bits per heavy atom. The summed E-state index contributed by atoms with van der Waals surface area (Å²) < 4.78 is 2.45. The summed E-state index contributed by atoms with van der Waals surface area (Å²) in [5, 5.41) is -0.469. The zero-order valence-electron chi connectivity index (χ0n) is 5.57. The van der Waals surface area contributed by atoms with Crippen molar-refractivity contribution in [2.75, 3.05) is 0 Å². The molecule has 0 aliphatic heterocycles. The highest BCUT2D eigenvalue weighted by atomic mass is 79.9. The lowest BCUT2D eigenvalue weighted by molar-refractivity contribution is 0.108. The Morgan fingerprint density at radius 1 is 1.17 bits per heavy atom. The molecule has 0 saturated heterocycles. The molecule has 1 nitrogen and oxygen atoms in total. The van der Waals surface area contributed by atoms with Gasteiger partial charge in [-0.15, -0.1) is 0 Å². The van der Waals surface area contributed by atoms with Crippen LogP contribution in [0.1, 0.15) is 10.4 Å². The monoisotopic (exact) mass is 374 g/mol. The van der Waals surface area contributed by atoms with E-state index in [4.69, 9.17) is 11.6 Å². The van der Waals surface area contributed by atoms with Crippen LogP contribution >= 0.6 is 59.4 Å². The number of benzene rings is 1. The third-order valence-corrected chi connectivity index (χ3v) is 4.60. The Bertz CT molecular complexity index is 314. The lowest BCUT2D eigenvalue weighted by atomic mass is 10.2. The molecule has 12 heavy (non-hydrogen) atoms. The van der Waals surface area contributed by atoms with Crippen molar-refractivity contribution >= 4 is 64.6 Å². The number of carbonyl (C=O) groups is 1. The van der Waals surface area contributed by atoms with Crippen LogP contribution in [0, 0.1) is 0 Å². The van der Waals surface area contributed by atoms with Crippen molar-refractivity contribution in [1.29, 1.82) is 0 Å². The van der Waals surface area contributed by atoms with E-state index in [1.54, 1.807) is 12.1 Å². The molecule has 0 amide bonds. The third kappa shape index (κ3) is 2.31. The van der Waals surface area contributed by atoms with Gasteiger partial charge in [0.2, 0.25) is 0 Å². The molecule has 64 valence electrons.